The SMILES string of the molecule is Cn1cc(C(Nc2ncccc2C(=O)c2nccs2)C2CC(O)C2)cn1. The Morgan fingerprint density at radius 1 is 1.38 bits per heavy atom. The second kappa shape index (κ2) is 6.97. The van der Waals surface area contributed by atoms with Crippen molar-refractivity contribution < 1.29 is 9.90 Å². The molecule has 0 aliphatic heterocycles. The third-order valence-electron chi connectivity index (χ3n) is 4.68. The highest BCUT2D eigenvalue weighted by Crippen LogP contribution is 2.40. The molecule has 3 aromatic heterocycles. The average Bonchev–Trinajstić information content (AvgIpc) is 3.29. The molecule has 0 bridgehead atoms. The van der Waals surface area contributed by atoms with Crippen molar-refractivity contribution in [1.29, 1.82) is 0 Å². The summed E-state index contributed by atoms with van der Waals surface area (Å²) in [4.78, 5) is 21.3. The molecule has 1 atom stereocenters. The fourth-order valence-electron chi connectivity index (χ4n) is 3.28. The number of aryl methyl sites for hydroxylation is 1. The summed E-state index contributed by atoms with van der Waals surface area (Å²) in [7, 11) is 1.87. The lowest BCUT2D eigenvalue weighted by Crippen LogP contribution is -2.36. The number of aromatic nitrogens is 4. The molecule has 0 radical (unpaired) electrons. The van der Waals surface area contributed by atoms with Gasteiger partial charge in [0.05, 0.1) is 23.9 Å². The van der Waals surface area contributed by atoms with Crippen LogP contribution in [0.25, 0.3) is 0 Å². The van der Waals surface area contributed by atoms with E-state index in [4.69, 9.17) is 0 Å². The fraction of sp³-hybridized carbons (Fsp3) is 0.333. The second-order valence-electron chi connectivity index (χ2n) is 6.52. The lowest BCUT2D eigenvalue weighted by molar-refractivity contribution is 0.0339. The van der Waals surface area contributed by atoms with Gasteiger partial charge in [-0.15, -0.1) is 11.3 Å². The Morgan fingerprint density at radius 3 is 2.88 bits per heavy atom. The van der Waals surface area contributed by atoms with Crippen molar-refractivity contribution in [1.82, 2.24) is 19.7 Å². The summed E-state index contributed by atoms with van der Waals surface area (Å²) in [5, 5.41) is 19.6. The van der Waals surface area contributed by atoms with Gasteiger partial charge in [0.15, 0.2) is 5.01 Å². The van der Waals surface area contributed by atoms with Crippen molar-refractivity contribution >= 4 is 22.9 Å². The summed E-state index contributed by atoms with van der Waals surface area (Å²) in [6.07, 6.45) is 8.22. The van der Waals surface area contributed by atoms with Gasteiger partial charge < -0.3 is 10.4 Å². The van der Waals surface area contributed by atoms with Crippen LogP contribution >= 0.6 is 11.3 Å². The number of ketones is 1. The highest BCUT2D eigenvalue weighted by atomic mass is 32.1. The zero-order valence-electron chi connectivity index (χ0n) is 14.2. The molecule has 0 spiro atoms. The van der Waals surface area contributed by atoms with Gasteiger partial charge in [0, 0.05) is 36.6 Å². The third kappa shape index (κ3) is 3.25. The van der Waals surface area contributed by atoms with Gasteiger partial charge in [-0.3, -0.25) is 9.48 Å². The Balaban J connectivity index is 1.65. The number of anilines is 1. The van der Waals surface area contributed by atoms with Gasteiger partial charge in [0.1, 0.15) is 5.82 Å². The summed E-state index contributed by atoms with van der Waals surface area (Å²) in [6.45, 7) is 0. The molecule has 0 amide bonds. The Labute approximate surface area is 154 Å². The third-order valence-corrected chi connectivity index (χ3v) is 5.45. The number of nitrogens with zero attached hydrogens (tertiary/aromatic N) is 4. The van der Waals surface area contributed by atoms with E-state index in [1.807, 2.05) is 19.4 Å². The van der Waals surface area contributed by atoms with E-state index in [1.54, 1.807) is 34.6 Å². The zero-order chi connectivity index (χ0) is 18.1. The Bertz CT molecular complexity index is 902. The van der Waals surface area contributed by atoms with Crippen LogP contribution in [-0.4, -0.2) is 36.7 Å². The van der Waals surface area contributed by atoms with Crippen molar-refractivity contribution in [2.75, 3.05) is 5.32 Å². The number of pyridine rings is 1. The molecule has 1 fully saturated rings. The summed E-state index contributed by atoms with van der Waals surface area (Å²) < 4.78 is 1.75. The number of carbonyl (C=O) groups excluding carboxylic acids is 1. The maximum atomic E-state index is 12.8. The normalized spacial score (nSPS) is 20.4. The van der Waals surface area contributed by atoms with Gasteiger partial charge in [-0.25, -0.2) is 9.97 Å². The van der Waals surface area contributed by atoms with Crippen LogP contribution in [0.15, 0.2) is 42.3 Å². The molecule has 2 N–H and O–H groups in total. The molecule has 134 valence electrons. The standard InChI is InChI=1S/C18H19N5O2S/c1-23-10-12(9-21-23)15(11-7-13(24)8-11)22-17-14(3-2-4-19-17)16(25)18-20-5-6-26-18/h2-6,9-11,13,15,24H,7-8H2,1H3,(H,19,22). The average molecular weight is 369 g/mol. The number of hydrogen-bond acceptors (Lipinski definition) is 7. The predicted molar refractivity (Wildman–Crippen MR) is 98.1 cm³/mol. The molecule has 1 aliphatic carbocycles. The quantitative estimate of drug-likeness (QED) is 0.648. The number of carbonyl (C=O) groups is 1. The summed E-state index contributed by atoms with van der Waals surface area (Å²) in [5.74, 6) is 0.649. The van der Waals surface area contributed by atoms with Crippen LogP contribution in [0.4, 0.5) is 5.82 Å². The summed E-state index contributed by atoms with van der Waals surface area (Å²) in [6, 6.07) is 3.44. The van der Waals surface area contributed by atoms with E-state index in [1.165, 1.54) is 11.3 Å². The molecule has 1 saturated carbocycles. The Morgan fingerprint density at radius 2 is 2.23 bits per heavy atom. The number of nitrogens with one attached hydrogen (secondary N) is 1. The molecule has 1 unspecified atom stereocenters. The smallest absolute Gasteiger partial charge is 0.225 e. The fourth-order valence-corrected chi connectivity index (χ4v) is 3.87. The zero-order valence-corrected chi connectivity index (χ0v) is 15.1. The lowest BCUT2D eigenvalue weighted by Gasteiger charge is -2.38. The van der Waals surface area contributed by atoms with Crippen LogP contribution in [-0.2, 0) is 7.05 Å². The van der Waals surface area contributed by atoms with Crippen LogP contribution in [0, 0.1) is 5.92 Å². The number of rotatable bonds is 6. The molecule has 3 aromatic rings. The van der Waals surface area contributed by atoms with Crippen LogP contribution in [0.1, 0.15) is 39.8 Å². The number of aliphatic hydroxyl groups excluding tert-OH is 1. The second-order valence-corrected chi connectivity index (χ2v) is 7.42. The van der Waals surface area contributed by atoms with E-state index in [0.29, 0.717) is 16.4 Å². The Kier molecular flexibility index (Phi) is 4.52. The minimum atomic E-state index is -0.263. The molecule has 0 aromatic carbocycles. The van der Waals surface area contributed by atoms with Gasteiger partial charge in [0.25, 0.3) is 0 Å². The Hall–Kier alpha value is -2.58. The van der Waals surface area contributed by atoms with Crippen molar-refractivity contribution in [2.24, 2.45) is 13.0 Å². The maximum Gasteiger partial charge on any atom is 0.225 e. The predicted octanol–water partition coefficient (Wildman–Crippen LogP) is 2.43. The van der Waals surface area contributed by atoms with Crippen molar-refractivity contribution in [2.45, 2.75) is 25.0 Å². The molecule has 0 saturated heterocycles. The topological polar surface area (TPSA) is 92.9 Å². The van der Waals surface area contributed by atoms with Gasteiger partial charge in [-0.05, 0) is 30.9 Å². The van der Waals surface area contributed by atoms with Gasteiger partial charge >= 0.3 is 0 Å². The molecule has 7 nitrogen and oxygen atoms in total. The summed E-state index contributed by atoms with van der Waals surface area (Å²) in [5.41, 5.74) is 1.51. The molecule has 1 aliphatic rings. The van der Waals surface area contributed by atoms with Crippen LogP contribution in [0.5, 0.6) is 0 Å². The molecule has 3 heterocycles. The van der Waals surface area contributed by atoms with E-state index in [0.717, 1.165) is 18.4 Å². The first-order valence-corrected chi connectivity index (χ1v) is 9.32. The van der Waals surface area contributed by atoms with Crippen LogP contribution in [0.2, 0.25) is 0 Å². The summed E-state index contributed by atoms with van der Waals surface area (Å²) >= 11 is 1.31. The number of aliphatic hydroxyl groups is 1. The number of hydrogen-bond donors (Lipinski definition) is 2. The number of thiazole rings is 1. The van der Waals surface area contributed by atoms with Crippen molar-refractivity contribution in [3.05, 3.63) is 58.4 Å². The minimum Gasteiger partial charge on any atom is -0.393 e. The van der Waals surface area contributed by atoms with E-state index in [2.05, 4.69) is 20.4 Å². The van der Waals surface area contributed by atoms with E-state index >= 15 is 0 Å². The van der Waals surface area contributed by atoms with Gasteiger partial charge in [0.2, 0.25) is 5.78 Å². The lowest BCUT2D eigenvalue weighted by atomic mass is 9.75. The first kappa shape index (κ1) is 16.9. The molecule has 26 heavy (non-hydrogen) atoms. The van der Waals surface area contributed by atoms with E-state index in [-0.39, 0.29) is 23.8 Å². The monoisotopic (exact) mass is 369 g/mol. The first-order chi connectivity index (χ1) is 12.6. The molecule has 4 rings (SSSR count). The van der Waals surface area contributed by atoms with Crippen molar-refractivity contribution in [3.63, 3.8) is 0 Å². The van der Waals surface area contributed by atoms with Crippen molar-refractivity contribution in [3.8, 4) is 0 Å². The van der Waals surface area contributed by atoms with E-state index in [9.17, 15) is 9.90 Å². The molecular weight excluding hydrogens is 350 g/mol. The molecular formula is C18H19N5O2S. The highest BCUT2D eigenvalue weighted by Gasteiger charge is 2.36. The highest BCUT2D eigenvalue weighted by molar-refractivity contribution is 7.11. The van der Waals surface area contributed by atoms with Crippen LogP contribution in [0.3, 0.4) is 0 Å². The van der Waals surface area contributed by atoms with E-state index < -0.39 is 0 Å². The van der Waals surface area contributed by atoms with Crippen LogP contribution < -0.4 is 5.32 Å². The first-order valence-electron chi connectivity index (χ1n) is 8.44. The molecule has 8 heteroatoms. The van der Waals surface area contributed by atoms with Gasteiger partial charge in [-0.2, -0.15) is 5.10 Å². The minimum absolute atomic E-state index is 0.0650. The maximum absolute atomic E-state index is 12.8. The van der Waals surface area contributed by atoms with Gasteiger partial charge in [-0.1, -0.05) is 0 Å². The largest absolute Gasteiger partial charge is 0.393 e.